The Morgan fingerprint density at radius 3 is 2.34 bits per heavy atom. The van der Waals surface area contributed by atoms with E-state index >= 15 is 0 Å². The molecule has 2 heterocycles. The molecule has 2 rings (SSSR count). The minimum Gasteiger partial charge on any atom is -0.498 e. The zero-order valence-electron chi connectivity index (χ0n) is 17.4. The van der Waals surface area contributed by atoms with E-state index in [0.717, 1.165) is 21.4 Å². The number of nitrogens with zero attached hydrogens (tertiary/aromatic N) is 2. The summed E-state index contributed by atoms with van der Waals surface area (Å²) in [5.74, 6) is 0.170. The van der Waals surface area contributed by atoms with Gasteiger partial charge in [0.1, 0.15) is 28.7 Å². The fourth-order valence-electron chi connectivity index (χ4n) is 2.47. The molecule has 9 heteroatoms. The molecular formula is C20H26N2O5S2. The summed E-state index contributed by atoms with van der Waals surface area (Å²) in [5, 5.41) is 5.95. The first-order valence-corrected chi connectivity index (χ1v) is 10.7. The summed E-state index contributed by atoms with van der Waals surface area (Å²) in [6, 6.07) is 0. The van der Waals surface area contributed by atoms with Gasteiger partial charge in [-0.3, -0.25) is 0 Å². The van der Waals surface area contributed by atoms with E-state index in [2.05, 4.69) is 28.6 Å². The smallest absolute Gasteiger partial charge is 0.333 e. The molecule has 2 aromatic heterocycles. The quantitative estimate of drug-likeness (QED) is 0.313. The van der Waals surface area contributed by atoms with Crippen molar-refractivity contribution in [2.45, 2.75) is 32.0 Å². The molecule has 0 aliphatic carbocycles. The van der Waals surface area contributed by atoms with Crippen LogP contribution in [0.15, 0.2) is 28.7 Å². The first-order valence-electron chi connectivity index (χ1n) is 8.92. The van der Waals surface area contributed by atoms with Crippen LogP contribution in [0.5, 0.6) is 0 Å². The lowest BCUT2D eigenvalue weighted by Crippen LogP contribution is -2.31. The number of rotatable bonds is 10. The van der Waals surface area contributed by atoms with Crippen LogP contribution in [0.25, 0.3) is 16.8 Å². The van der Waals surface area contributed by atoms with E-state index in [4.69, 9.17) is 14.2 Å². The molecule has 0 saturated heterocycles. The van der Waals surface area contributed by atoms with Gasteiger partial charge in [-0.05, 0) is 6.08 Å². The second kappa shape index (κ2) is 11.2. The van der Waals surface area contributed by atoms with Crippen LogP contribution in [0, 0.1) is 0 Å². The van der Waals surface area contributed by atoms with Gasteiger partial charge in [-0.25, -0.2) is 14.8 Å². The third-order valence-electron chi connectivity index (χ3n) is 4.02. The van der Waals surface area contributed by atoms with Crippen molar-refractivity contribution in [3.05, 3.63) is 39.4 Å². The van der Waals surface area contributed by atoms with Gasteiger partial charge in [-0.2, -0.15) is 0 Å². The van der Waals surface area contributed by atoms with Gasteiger partial charge in [-0.1, -0.05) is 19.9 Å². The van der Waals surface area contributed by atoms with Crippen molar-refractivity contribution in [3.63, 3.8) is 0 Å². The molecule has 29 heavy (non-hydrogen) atoms. The molecule has 7 nitrogen and oxygen atoms in total. The summed E-state index contributed by atoms with van der Waals surface area (Å²) in [6.07, 6.45) is 3.79. The molecule has 2 atom stereocenters. The van der Waals surface area contributed by atoms with E-state index < -0.39 is 18.2 Å². The molecule has 0 fully saturated rings. The predicted molar refractivity (Wildman–Crippen MR) is 115 cm³/mol. The third kappa shape index (κ3) is 6.20. The van der Waals surface area contributed by atoms with Gasteiger partial charge in [0.2, 0.25) is 0 Å². The summed E-state index contributed by atoms with van der Waals surface area (Å²) >= 11 is 3.18. The van der Waals surface area contributed by atoms with Crippen LogP contribution in [-0.4, -0.2) is 56.6 Å². The topological polar surface area (TPSA) is 79.8 Å². The van der Waals surface area contributed by atoms with Crippen LogP contribution in [0.4, 0.5) is 0 Å². The van der Waals surface area contributed by atoms with Crippen molar-refractivity contribution in [3.8, 4) is 10.7 Å². The first-order chi connectivity index (χ1) is 13.9. The van der Waals surface area contributed by atoms with Crippen molar-refractivity contribution >= 4 is 34.7 Å². The largest absolute Gasteiger partial charge is 0.498 e. The van der Waals surface area contributed by atoms with E-state index in [-0.39, 0.29) is 0 Å². The monoisotopic (exact) mass is 438 g/mol. The second-order valence-electron chi connectivity index (χ2n) is 6.29. The zero-order valence-corrected chi connectivity index (χ0v) is 19.0. The van der Waals surface area contributed by atoms with Crippen molar-refractivity contribution in [1.29, 1.82) is 0 Å². The second-order valence-corrected chi connectivity index (χ2v) is 8.04. The van der Waals surface area contributed by atoms with Gasteiger partial charge in [0.25, 0.3) is 0 Å². The standard InChI is InChI=1S/C20H26N2O5S2/c1-12(2)19-22-14(11-29-19)20-21-13(10-28-20)7-8-15(24-3)18(27-6)16(25-4)9-17(23)26-5/h7-12,15,18H,1-6H3/b8-7+,16-9-/t15-,18+/m1/s1. The number of hydrogen-bond acceptors (Lipinski definition) is 9. The Kier molecular flexibility index (Phi) is 8.97. The summed E-state index contributed by atoms with van der Waals surface area (Å²) in [4.78, 5) is 20.8. The average Bonchev–Trinajstić information content (AvgIpc) is 3.39. The Balaban J connectivity index is 2.18. The van der Waals surface area contributed by atoms with E-state index in [1.54, 1.807) is 18.4 Å². The lowest BCUT2D eigenvalue weighted by atomic mass is 10.1. The van der Waals surface area contributed by atoms with E-state index in [9.17, 15) is 4.79 Å². The number of ether oxygens (including phenoxy) is 4. The molecule has 0 amide bonds. The number of carbonyl (C=O) groups excluding carboxylic acids is 1. The number of carbonyl (C=O) groups is 1. The lowest BCUT2D eigenvalue weighted by molar-refractivity contribution is -0.135. The lowest BCUT2D eigenvalue weighted by Gasteiger charge is -2.23. The van der Waals surface area contributed by atoms with E-state index in [1.165, 1.54) is 38.7 Å². The summed E-state index contributed by atoms with van der Waals surface area (Å²) in [6.45, 7) is 4.25. The maximum Gasteiger partial charge on any atom is 0.333 e. The van der Waals surface area contributed by atoms with Crippen molar-refractivity contribution in [2.24, 2.45) is 0 Å². The van der Waals surface area contributed by atoms with Gasteiger partial charge in [0.15, 0.2) is 0 Å². The van der Waals surface area contributed by atoms with Gasteiger partial charge in [0, 0.05) is 30.9 Å². The maximum atomic E-state index is 11.6. The first kappa shape index (κ1) is 23.2. The van der Waals surface area contributed by atoms with Gasteiger partial charge < -0.3 is 18.9 Å². The highest BCUT2D eigenvalue weighted by Gasteiger charge is 2.25. The summed E-state index contributed by atoms with van der Waals surface area (Å²) in [5.41, 5.74) is 1.68. The van der Waals surface area contributed by atoms with Crippen molar-refractivity contribution in [2.75, 3.05) is 28.4 Å². The summed E-state index contributed by atoms with van der Waals surface area (Å²) < 4.78 is 21.0. The van der Waals surface area contributed by atoms with Crippen molar-refractivity contribution < 1.29 is 23.7 Å². The van der Waals surface area contributed by atoms with Crippen LogP contribution < -0.4 is 0 Å². The molecule has 0 N–H and O–H groups in total. The van der Waals surface area contributed by atoms with Crippen LogP contribution >= 0.6 is 22.7 Å². The van der Waals surface area contributed by atoms with Crippen molar-refractivity contribution in [1.82, 2.24) is 9.97 Å². The van der Waals surface area contributed by atoms with Crippen LogP contribution in [0.3, 0.4) is 0 Å². The van der Waals surface area contributed by atoms with E-state index in [0.29, 0.717) is 11.7 Å². The molecule has 0 aromatic carbocycles. The van der Waals surface area contributed by atoms with Gasteiger partial charge in [-0.15, -0.1) is 22.7 Å². The number of methoxy groups -OCH3 is 4. The van der Waals surface area contributed by atoms with Gasteiger partial charge in [0.05, 0.1) is 31.0 Å². The molecule has 158 valence electrons. The van der Waals surface area contributed by atoms with Crippen LogP contribution in [0.2, 0.25) is 0 Å². The Hall–Kier alpha value is -2.07. The molecule has 0 radical (unpaired) electrons. The third-order valence-corrected chi connectivity index (χ3v) is 6.04. The molecule has 2 aromatic rings. The Morgan fingerprint density at radius 2 is 1.79 bits per heavy atom. The molecular weight excluding hydrogens is 412 g/mol. The number of thiazole rings is 2. The van der Waals surface area contributed by atoms with E-state index in [1.807, 2.05) is 22.9 Å². The van der Waals surface area contributed by atoms with Gasteiger partial charge >= 0.3 is 5.97 Å². The fraction of sp³-hybridized carbons (Fsp3) is 0.450. The fourth-order valence-corrected chi connectivity index (χ4v) is 4.11. The molecule has 0 saturated carbocycles. The Morgan fingerprint density at radius 1 is 1.03 bits per heavy atom. The molecule has 0 bridgehead atoms. The highest BCUT2D eigenvalue weighted by molar-refractivity contribution is 7.14. The number of aromatic nitrogens is 2. The number of hydrogen-bond donors (Lipinski definition) is 0. The minimum absolute atomic E-state index is 0.304. The Labute approximate surface area is 179 Å². The maximum absolute atomic E-state index is 11.6. The normalized spacial score (nSPS) is 14.4. The molecule has 0 unspecified atom stereocenters. The average molecular weight is 439 g/mol. The highest BCUT2D eigenvalue weighted by Crippen LogP contribution is 2.29. The zero-order chi connectivity index (χ0) is 21.4. The molecule has 0 spiro atoms. The summed E-state index contributed by atoms with van der Waals surface area (Å²) in [7, 11) is 5.84. The Bertz CT molecular complexity index is 857. The SMILES string of the molecule is COC(=O)/C=C(\OC)[C@@H](OC)[C@@H](/C=C/c1csc(-c2csc(C(C)C)n2)n1)OC. The predicted octanol–water partition coefficient (Wildman–Crippen LogP) is 4.14. The highest BCUT2D eigenvalue weighted by atomic mass is 32.1. The molecule has 0 aliphatic rings. The molecule has 0 aliphatic heterocycles. The number of esters is 1. The minimum atomic E-state index is -0.620. The van der Waals surface area contributed by atoms with Crippen LogP contribution in [0.1, 0.15) is 30.5 Å². The van der Waals surface area contributed by atoms with Crippen LogP contribution in [-0.2, 0) is 23.7 Å².